The van der Waals surface area contributed by atoms with Crippen molar-refractivity contribution in [1.82, 2.24) is 5.32 Å². The molecule has 3 aromatic carbocycles. The van der Waals surface area contributed by atoms with Crippen molar-refractivity contribution in [3.63, 3.8) is 0 Å². The van der Waals surface area contributed by atoms with E-state index in [1.54, 1.807) is 55.6 Å². The third-order valence-electron chi connectivity index (χ3n) is 5.38. The van der Waals surface area contributed by atoms with Crippen LogP contribution in [0.25, 0.3) is 0 Å². The number of benzene rings is 3. The molecule has 0 radical (unpaired) electrons. The third kappa shape index (κ3) is 5.66. The Bertz CT molecular complexity index is 1060. The molecule has 1 saturated carbocycles. The second-order valence-electron chi connectivity index (χ2n) is 7.79. The highest BCUT2D eigenvalue weighted by atomic mass is 16.5. The molecule has 1 aliphatic carbocycles. The lowest BCUT2D eigenvalue weighted by atomic mass is 10.0. The van der Waals surface area contributed by atoms with Crippen LogP contribution in [0.4, 0.5) is 5.69 Å². The molecule has 2 N–H and O–H groups in total. The molecule has 0 saturated heterocycles. The monoisotopic (exact) mass is 430 g/mol. The minimum absolute atomic E-state index is 0.0277. The molecule has 2 amide bonds. The maximum Gasteiger partial charge on any atom is 0.262 e. The van der Waals surface area contributed by atoms with Gasteiger partial charge in [-0.3, -0.25) is 9.59 Å². The summed E-state index contributed by atoms with van der Waals surface area (Å²) in [6.45, 7) is -0.138. The van der Waals surface area contributed by atoms with Gasteiger partial charge < -0.3 is 20.1 Å². The molecule has 1 fully saturated rings. The third-order valence-corrected chi connectivity index (χ3v) is 5.38. The Labute approximate surface area is 187 Å². The molecule has 3 aromatic rings. The zero-order chi connectivity index (χ0) is 22.3. The van der Waals surface area contributed by atoms with Crippen LogP contribution in [0.5, 0.6) is 11.5 Å². The first-order valence-electron chi connectivity index (χ1n) is 10.6. The summed E-state index contributed by atoms with van der Waals surface area (Å²) in [5, 5.41) is 5.93. The van der Waals surface area contributed by atoms with Gasteiger partial charge >= 0.3 is 0 Å². The second kappa shape index (κ2) is 10.0. The van der Waals surface area contributed by atoms with Crippen LogP contribution >= 0.6 is 0 Å². The van der Waals surface area contributed by atoms with Gasteiger partial charge in [-0.05, 0) is 60.7 Å². The van der Waals surface area contributed by atoms with Crippen molar-refractivity contribution in [2.24, 2.45) is 5.92 Å². The normalized spacial score (nSPS) is 13.7. The molecule has 1 atom stereocenters. The van der Waals surface area contributed by atoms with Gasteiger partial charge in [-0.1, -0.05) is 36.4 Å². The lowest BCUT2D eigenvalue weighted by molar-refractivity contribution is -0.118. The van der Waals surface area contributed by atoms with Gasteiger partial charge in [-0.15, -0.1) is 0 Å². The van der Waals surface area contributed by atoms with E-state index in [1.165, 1.54) is 0 Å². The summed E-state index contributed by atoms with van der Waals surface area (Å²) in [5.74, 6) is 1.27. The zero-order valence-electron chi connectivity index (χ0n) is 17.9. The minimum atomic E-state index is -0.282. The summed E-state index contributed by atoms with van der Waals surface area (Å²) >= 11 is 0. The smallest absolute Gasteiger partial charge is 0.262 e. The first kappa shape index (κ1) is 21.4. The van der Waals surface area contributed by atoms with Crippen molar-refractivity contribution in [2.75, 3.05) is 19.0 Å². The number of rotatable bonds is 9. The molecule has 1 aliphatic rings. The first-order valence-corrected chi connectivity index (χ1v) is 10.6. The highest BCUT2D eigenvalue weighted by Crippen LogP contribution is 2.41. The second-order valence-corrected chi connectivity index (χ2v) is 7.79. The molecular weight excluding hydrogens is 404 g/mol. The summed E-state index contributed by atoms with van der Waals surface area (Å²) in [7, 11) is 1.57. The number of amides is 2. The Kier molecular flexibility index (Phi) is 6.70. The lowest BCUT2D eigenvalue weighted by Crippen LogP contribution is -2.29. The van der Waals surface area contributed by atoms with Crippen LogP contribution < -0.4 is 20.1 Å². The van der Waals surface area contributed by atoms with Crippen molar-refractivity contribution in [3.05, 3.63) is 90.0 Å². The average Bonchev–Trinajstić information content (AvgIpc) is 3.67. The van der Waals surface area contributed by atoms with Crippen LogP contribution in [0.1, 0.15) is 34.8 Å². The van der Waals surface area contributed by atoms with E-state index in [4.69, 9.17) is 9.47 Å². The van der Waals surface area contributed by atoms with E-state index < -0.39 is 0 Å². The van der Waals surface area contributed by atoms with Gasteiger partial charge in [0, 0.05) is 17.3 Å². The average molecular weight is 431 g/mol. The van der Waals surface area contributed by atoms with Crippen molar-refractivity contribution in [1.29, 1.82) is 0 Å². The summed E-state index contributed by atoms with van der Waals surface area (Å²) in [5.41, 5.74) is 2.32. The maximum absolute atomic E-state index is 12.8. The molecule has 0 bridgehead atoms. The van der Waals surface area contributed by atoms with E-state index in [2.05, 4.69) is 22.8 Å². The number of anilines is 1. The molecule has 164 valence electrons. The first-order chi connectivity index (χ1) is 15.6. The molecule has 0 aliphatic heterocycles. The standard InChI is InChI=1S/C26H26N2O4/c1-31-23-9-5-8-21(16-23)27-24(29)17-32-22-14-12-20(13-15-22)26(30)28-25(19-10-11-19)18-6-3-2-4-7-18/h2-9,12-16,19,25H,10-11,17H2,1H3,(H,27,29)(H,28,30). The van der Waals surface area contributed by atoms with Crippen LogP contribution in [0.15, 0.2) is 78.9 Å². The van der Waals surface area contributed by atoms with E-state index in [0.717, 1.165) is 18.4 Å². The van der Waals surface area contributed by atoms with Gasteiger partial charge in [0.2, 0.25) is 0 Å². The predicted molar refractivity (Wildman–Crippen MR) is 123 cm³/mol. The number of hydrogen-bond donors (Lipinski definition) is 2. The molecule has 32 heavy (non-hydrogen) atoms. The summed E-state index contributed by atoms with van der Waals surface area (Å²) in [4.78, 5) is 24.9. The van der Waals surface area contributed by atoms with Crippen LogP contribution in [0.2, 0.25) is 0 Å². The van der Waals surface area contributed by atoms with Gasteiger partial charge in [0.25, 0.3) is 11.8 Å². The Morgan fingerprint density at radius 2 is 1.69 bits per heavy atom. The van der Waals surface area contributed by atoms with Crippen molar-refractivity contribution in [2.45, 2.75) is 18.9 Å². The maximum atomic E-state index is 12.8. The number of methoxy groups -OCH3 is 1. The molecule has 4 rings (SSSR count). The summed E-state index contributed by atoms with van der Waals surface area (Å²) in [6.07, 6.45) is 2.26. The molecule has 6 nitrogen and oxygen atoms in total. The zero-order valence-corrected chi connectivity index (χ0v) is 17.9. The molecule has 6 heteroatoms. The van der Waals surface area contributed by atoms with Gasteiger partial charge in [0.1, 0.15) is 11.5 Å². The van der Waals surface area contributed by atoms with E-state index in [1.807, 2.05) is 18.2 Å². The number of carbonyl (C=O) groups is 2. The van der Waals surface area contributed by atoms with Crippen molar-refractivity contribution in [3.8, 4) is 11.5 Å². The summed E-state index contributed by atoms with van der Waals surface area (Å²) < 4.78 is 10.7. The number of ether oxygens (including phenoxy) is 2. The van der Waals surface area contributed by atoms with Crippen LogP contribution in [0, 0.1) is 5.92 Å². The van der Waals surface area contributed by atoms with Crippen LogP contribution in [0.3, 0.4) is 0 Å². The minimum Gasteiger partial charge on any atom is -0.497 e. The number of carbonyl (C=O) groups excluding carboxylic acids is 2. The van der Waals surface area contributed by atoms with Gasteiger partial charge in [-0.25, -0.2) is 0 Å². The molecule has 1 unspecified atom stereocenters. The van der Waals surface area contributed by atoms with Crippen molar-refractivity contribution >= 4 is 17.5 Å². The fraction of sp³-hybridized carbons (Fsp3) is 0.231. The quantitative estimate of drug-likeness (QED) is 0.520. The highest BCUT2D eigenvalue weighted by molar-refractivity contribution is 5.94. The van der Waals surface area contributed by atoms with E-state index in [-0.39, 0.29) is 24.5 Å². The van der Waals surface area contributed by atoms with E-state index >= 15 is 0 Å². The Morgan fingerprint density at radius 3 is 2.38 bits per heavy atom. The number of hydrogen-bond acceptors (Lipinski definition) is 4. The van der Waals surface area contributed by atoms with E-state index in [0.29, 0.717) is 28.7 Å². The fourth-order valence-electron chi connectivity index (χ4n) is 3.54. The van der Waals surface area contributed by atoms with Crippen LogP contribution in [-0.2, 0) is 4.79 Å². The largest absolute Gasteiger partial charge is 0.497 e. The predicted octanol–water partition coefficient (Wildman–Crippen LogP) is 4.59. The van der Waals surface area contributed by atoms with Gasteiger partial charge in [0.05, 0.1) is 13.2 Å². The fourth-order valence-corrected chi connectivity index (χ4v) is 3.54. The Balaban J connectivity index is 1.30. The molecule has 0 aromatic heterocycles. The SMILES string of the molecule is COc1cccc(NC(=O)COc2ccc(C(=O)NC(c3ccccc3)C3CC3)cc2)c1. The Morgan fingerprint density at radius 1 is 0.938 bits per heavy atom. The number of nitrogens with one attached hydrogen (secondary N) is 2. The highest BCUT2D eigenvalue weighted by Gasteiger charge is 2.33. The summed E-state index contributed by atoms with van der Waals surface area (Å²) in [6, 6.07) is 24.0. The van der Waals surface area contributed by atoms with E-state index in [9.17, 15) is 9.59 Å². The Hall–Kier alpha value is -3.80. The van der Waals surface area contributed by atoms with Gasteiger partial charge in [0.15, 0.2) is 6.61 Å². The van der Waals surface area contributed by atoms with Crippen LogP contribution in [-0.4, -0.2) is 25.5 Å². The van der Waals surface area contributed by atoms with Gasteiger partial charge in [-0.2, -0.15) is 0 Å². The molecular formula is C26H26N2O4. The topological polar surface area (TPSA) is 76.7 Å². The molecule has 0 heterocycles. The lowest BCUT2D eigenvalue weighted by Gasteiger charge is -2.19. The van der Waals surface area contributed by atoms with Crippen molar-refractivity contribution < 1.29 is 19.1 Å². The molecule has 0 spiro atoms.